The number of para-hydroxylation sites is 1. The highest BCUT2D eigenvalue weighted by Gasteiger charge is 2.14. The first kappa shape index (κ1) is 13.9. The molecule has 0 spiro atoms. The van der Waals surface area contributed by atoms with Crippen LogP contribution < -0.4 is 9.47 Å². The van der Waals surface area contributed by atoms with E-state index in [1.807, 2.05) is 30.3 Å². The molecule has 0 bridgehead atoms. The maximum atomic E-state index is 11.3. The average Bonchev–Trinajstić information content (AvgIpc) is 2.49. The molecule has 0 aliphatic heterocycles. The molecule has 4 heteroatoms. The van der Waals surface area contributed by atoms with Crippen molar-refractivity contribution in [2.24, 2.45) is 0 Å². The lowest BCUT2D eigenvalue weighted by Gasteiger charge is -2.12. The SMILES string of the molecule is COC(=O)C(C)Oc1ccc(Oc2ccccc2)cc1. The standard InChI is InChI=1S/C16H16O4/c1-12(16(17)18-2)19-14-8-10-15(11-9-14)20-13-6-4-3-5-7-13/h3-12H,1-2H3. The second-order valence-electron chi connectivity index (χ2n) is 4.17. The first-order valence-electron chi connectivity index (χ1n) is 6.26. The van der Waals surface area contributed by atoms with Crippen LogP contribution in [0.25, 0.3) is 0 Å². The number of methoxy groups -OCH3 is 1. The van der Waals surface area contributed by atoms with Gasteiger partial charge in [-0.1, -0.05) is 18.2 Å². The largest absolute Gasteiger partial charge is 0.479 e. The van der Waals surface area contributed by atoms with Gasteiger partial charge in [-0.2, -0.15) is 0 Å². The Morgan fingerprint density at radius 1 is 0.900 bits per heavy atom. The monoisotopic (exact) mass is 272 g/mol. The summed E-state index contributed by atoms with van der Waals surface area (Å²) in [7, 11) is 1.33. The summed E-state index contributed by atoms with van der Waals surface area (Å²) >= 11 is 0. The molecule has 2 rings (SSSR count). The van der Waals surface area contributed by atoms with Gasteiger partial charge in [-0.25, -0.2) is 4.79 Å². The van der Waals surface area contributed by atoms with Gasteiger partial charge in [0.05, 0.1) is 7.11 Å². The van der Waals surface area contributed by atoms with Crippen LogP contribution in [0, 0.1) is 0 Å². The van der Waals surface area contributed by atoms with E-state index in [1.165, 1.54) is 7.11 Å². The molecule has 0 radical (unpaired) electrons. The molecule has 0 heterocycles. The Labute approximate surface area is 117 Å². The number of esters is 1. The lowest BCUT2D eigenvalue weighted by molar-refractivity contribution is -0.147. The van der Waals surface area contributed by atoms with Crippen molar-refractivity contribution < 1.29 is 19.0 Å². The highest BCUT2D eigenvalue weighted by Crippen LogP contribution is 2.24. The first-order valence-corrected chi connectivity index (χ1v) is 6.26. The minimum atomic E-state index is -0.638. The molecular weight excluding hydrogens is 256 g/mol. The Morgan fingerprint density at radius 2 is 1.45 bits per heavy atom. The van der Waals surface area contributed by atoms with E-state index in [9.17, 15) is 4.79 Å². The zero-order valence-corrected chi connectivity index (χ0v) is 11.4. The normalized spacial score (nSPS) is 11.5. The number of carbonyl (C=O) groups excluding carboxylic acids is 1. The molecule has 4 nitrogen and oxygen atoms in total. The van der Waals surface area contributed by atoms with Crippen LogP contribution in [0.1, 0.15) is 6.92 Å². The maximum Gasteiger partial charge on any atom is 0.346 e. The smallest absolute Gasteiger partial charge is 0.346 e. The minimum absolute atomic E-state index is 0.408. The summed E-state index contributed by atoms with van der Waals surface area (Å²) in [5.74, 6) is 1.65. The fourth-order valence-electron chi connectivity index (χ4n) is 1.63. The summed E-state index contributed by atoms with van der Waals surface area (Å²) in [4.78, 5) is 11.3. The van der Waals surface area contributed by atoms with Crippen LogP contribution >= 0.6 is 0 Å². The van der Waals surface area contributed by atoms with Gasteiger partial charge < -0.3 is 14.2 Å². The summed E-state index contributed by atoms with van der Waals surface area (Å²) in [6.45, 7) is 1.64. The lowest BCUT2D eigenvalue weighted by atomic mass is 10.3. The van der Waals surface area contributed by atoms with Crippen LogP contribution in [0.3, 0.4) is 0 Å². The van der Waals surface area contributed by atoms with E-state index in [2.05, 4.69) is 4.74 Å². The number of benzene rings is 2. The topological polar surface area (TPSA) is 44.8 Å². The van der Waals surface area contributed by atoms with E-state index in [0.29, 0.717) is 11.5 Å². The summed E-state index contributed by atoms with van der Waals surface area (Å²) in [5, 5.41) is 0. The Morgan fingerprint density at radius 3 is 2.05 bits per heavy atom. The summed E-state index contributed by atoms with van der Waals surface area (Å²) in [5.41, 5.74) is 0. The molecule has 0 saturated heterocycles. The van der Waals surface area contributed by atoms with Gasteiger partial charge in [-0.3, -0.25) is 0 Å². The Bertz CT molecular complexity index is 548. The van der Waals surface area contributed by atoms with Crippen LogP contribution in [-0.2, 0) is 9.53 Å². The van der Waals surface area contributed by atoms with Crippen molar-refractivity contribution in [2.75, 3.05) is 7.11 Å². The molecule has 0 aromatic heterocycles. The van der Waals surface area contributed by atoms with Gasteiger partial charge in [0.25, 0.3) is 0 Å². The Kier molecular flexibility index (Phi) is 4.60. The molecular formula is C16H16O4. The second kappa shape index (κ2) is 6.61. The lowest BCUT2D eigenvalue weighted by Crippen LogP contribution is -2.24. The zero-order chi connectivity index (χ0) is 14.4. The number of ether oxygens (including phenoxy) is 3. The van der Waals surface area contributed by atoms with Crippen LogP contribution in [0.5, 0.6) is 17.2 Å². The fourth-order valence-corrected chi connectivity index (χ4v) is 1.63. The van der Waals surface area contributed by atoms with E-state index in [0.717, 1.165) is 5.75 Å². The molecule has 0 aliphatic rings. The number of rotatable bonds is 5. The number of carbonyl (C=O) groups is 1. The highest BCUT2D eigenvalue weighted by atomic mass is 16.6. The van der Waals surface area contributed by atoms with Gasteiger partial charge in [0.1, 0.15) is 17.2 Å². The molecule has 20 heavy (non-hydrogen) atoms. The third-order valence-electron chi connectivity index (χ3n) is 2.65. The third kappa shape index (κ3) is 3.75. The van der Waals surface area contributed by atoms with Gasteiger partial charge >= 0.3 is 5.97 Å². The van der Waals surface area contributed by atoms with Crippen molar-refractivity contribution in [1.29, 1.82) is 0 Å². The van der Waals surface area contributed by atoms with Crippen LogP contribution in [0.15, 0.2) is 54.6 Å². The van der Waals surface area contributed by atoms with Gasteiger partial charge in [0.2, 0.25) is 0 Å². The van der Waals surface area contributed by atoms with E-state index in [1.54, 1.807) is 31.2 Å². The van der Waals surface area contributed by atoms with Crippen LogP contribution in [0.2, 0.25) is 0 Å². The molecule has 104 valence electrons. The molecule has 0 aliphatic carbocycles. The molecule has 2 aromatic rings. The molecule has 0 amide bonds. The average molecular weight is 272 g/mol. The van der Waals surface area contributed by atoms with Gasteiger partial charge in [0, 0.05) is 0 Å². The summed E-state index contributed by atoms with van der Waals surface area (Å²) in [6, 6.07) is 16.6. The summed E-state index contributed by atoms with van der Waals surface area (Å²) < 4.78 is 15.7. The van der Waals surface area contributed by atoms with E-state index in [4.69, 9.17) is 9.47 Å². The first-order chi connectivity index (χ1) is 9.69. The molecule has 1 unspecified atom stereocenters. The molecule has 0 fully saturated rings. The van der Waals surface area contributed by atoms with E-state index >= 15 is 0 Å². The van der Waals surface area contributed by atoms with E-state index < -0.39 is 12.1 Å². The zero-order valence-electron chi connectivity index (χ0n) is 11.4. The van der Waals surface area contributed by atoms with E-state index in [-0.39, 0.29) is 0 Å². The predicted octanol–water partition coefficient (Wildman–Crippen LogP) is 3.42. The van der Waals surface area contributed by atoms with Crippen molar-refractivity contribution in [2.45, 2.75) is 13.0 Å². The quantitative estimate of drug-likeness (QED) is 0.782. The van der Waals surface area contributed by atoms with Gasteiger partial charge in [-0.15, -0.1) is 0 Å². The van der Waals surface area contributed by atoms with Gasteiger partial charge in [0.15, 0.2) is 6.10 Å². The molecule has 0 N–H and O–H groups in total. The van der Waals surface area contributed by atoms with Crippen molar-refractivity contribution in [3.63, 3.8) is 0 Å². The third-order valence-corrected chi connectivity index (χ3v) is 2.65. The van der Waals surface area contributed by atoms with Crippen molar-refractivity contribution in [3.05, 3.63) is 54.6 Å². The number of hydrogen-bond donors (Lipinski definition) is 0. The van der Waals surface area contributed by atoms with Crippen molar-refractivity contribution in [1.82, 2.24) is 0 Å². The second-order valence-corrected chi connectivity index (χ2v) is 4.17. The highest BCUT2D eigenvalue weighted by molar-refractivity contribution is 5.74. The molecule has 0 saturated carbocycles. The number of hydrogen-bond acceptors (Lipinski definition) is 4. The van der Waals surface area contributed by atoms with Crippen LogP contribution in [-0.4, -0.2) is 19.2 Å². The minimum Gasteiger partial charge on any atom is -0.479 e. The van der Waals surface area contributed by atoms with Crippen LogP contribution in [0.4, 0.5) is 0 Å². The Hall–Kier alpha value is -2.49. The molecule has 2 aromatic carbocycles. The molecule has 1 atom stereocenters. The Balaban J connectivity index is 1.98. The van der Waals surface area contributed by atoms with Crippen molar-refractivity contribution in [3.8, 4) is 17.2 Å². The maximum absolute atomic E-state index is 11.3. The summed E-state index contributed by atoms with van der Waals surface area (Å²) in [6.07, 6.45) is -0.638. The fraction of sp³-hybridized carbons (Fsp3) is 0.188. The van der Waals surface area contributed by atoms with Crippen molar-refractivity contribution >= 4 is 5.97 Å². The predicted molar refractivity (Wildman–Crippen MR) is 75.1 cm³/mol. The van der Waals surface area contributed by atoms with Gasteiger partial charge in [-0.05, 0) is 43.3 Å².